The monoisotopic (exact) mass is 884 g/mol. The molecule has 4 N–H and O–H groups in total. The van der Waals surface area contributed by atoms with Gasteiger partial charge in [0, 0.05) is 42.2 Å². The number of aliphatic hydroxyl groups excluding tert-OH is 1. The Morgan fingerprint density at radius 1 is 0.828 bits per heavy atom. The second-order valence-electron chi connectivity index (χ2n) is 15.0. The number of carboxylic acids is 1. The molecule has 2 aromatic rings. The summed E-state index contributed by atoms with van der Waals surface area (Å²) in [6, 6.07) is 9.03. The van der Waals surface area contributed by atoms with Crippen LogP contribution in [0.25, 0.3) is 0 Å². The molecule has 0 spiro atoms. The number of carboxylic acid groups (broad SMARTS) is 1. The number of rotatable bonds is 21. The molecule has 1 aliphatic heterocycles. The Morgan fingerprint density at radius 3 is 1.74 bits per heavy atom. The molecule has 1 unspecified atom stereocenters. The summed E-state index contributed by atoms with van der Waals surface area (Å²) in [4.78, 5) is 73.3. The van der Waals surface area contributed by atoms with Crippen molar-refractivity contribution >= 4 is 95.8 Å². The van der Waals surface area contributed by atoms with Gasteiger partial charge in [0.25, 0.3) is 18.7 Å². The van der Waals surface area contributed by atoms with Crippen molar-refractivity contribution in [1.82, 2.24) is 10.6 Å². The molecule has 1 fully saturated rings. The number of amides is 2. The van der Waals surface area contributed by atoms with Crippen molar-refractivity contribution < 1.29 is 52.9 Å². The molecule has 19 heteroatoms. The van der Waals surface area contributed by atoms with E-state index in [4.69, 9.17) is 60.4 Å². The highest BCUT2D eigenvalue weighted by Crippen LogP contribution is 2.39. The van der Waals surface area contributed by atoms with E-state index < -0.39 is 60.9 Å². The predicted molar refractivity (Wildman–Crippen MR) is 226 cm³/mol. The maximum absolute atomic E-state index is 12.7. The van der Waals surface area contributed by atoms with E-state index in [0.29, 0.717) is 33.8 Å². The van der Waals surface area contributed by atoms with Crippen LogP contribution in [-0.4, -0.2) is 85.4 Å². The van der Waals surface area contributed by atoms with Crippen molar-refractivity contribution in [2.75, 3.05) is 20.2 Å². The molecule has 316 valence electrons. The fourth-order valence-electron chi connectivity index (χ4n) is 6.32. The van der Waals surface area contributed by atoms with Crippen molar-refractivity contribution in [1.29, 1.82) is 0 Å². The van der Waals surface area contributed by atoms with Gasteiger partial charge in [-0.1, -0.05) is 93.9 Å². The number of carbonyl (C=O) groups excluding carboxylic acids is 5. The average molecular weight is 886 g/mol. The molecular weight excluding hydrogens is 836 g/mol. The predicted octanol–water partition coefficient (Wildman–Crippen LogP) is 8.20. The minimum Gasteiger partial charge on any atom is -0.513 e. The van der Waals surface area contributed by atoms with Gasteiger partial charge < -0.3 is 34.8 Å². The Bertz CT molecular complexity index is 1800. The van der Waals surface area contributed by atoms with E-state index >= 15 is 0 Å². The molecule has 0 aromatic heterocycles. The molecule has 13 nitrogen and oxygen atoms in total. The fourth-order valence-corrected chi connectivity index (χ4v) is 7.07. The molecule has 0 radical (unpaired) electrons. The highest BCUT2D eigenvalue weighted by molar-refractivity contribution is 6.52. The summed E-state index contributed by atoms with van der Waals surface area (Å²) in [6.07, 6.45) is 0.392. The first-order valence-electron chi connectivity index (χ1n) is 18.6. The van der Waals surface area contributed by atoms with Crippen LogP contribution in [0.3, 0.4) is 0 Å². The molecule has 1 heterocycles. The molecular formula is C39H50B2Cl4N2O11. The van der Waals surface area contributed by atoms with Gasteiger partial charge in [0.05, 0.1) is 46.4 Å². The summed E-state index contributed by atoms with van der Waals surface area (Å²) >= 11 is 23.8. The highest BCUT2D eigenvalue weighted by Gasteiger charge is 2.56. The van der Waals surface area contributed by atoms with Crippen LogP contribution in [0.4, 0.5) is 0 Å². The Balaban J connectivity index is 0.000000426. The molecule has 58 heavy (non-hydrogen) atoms. The van der Waals surface area contributed by atoms with Gasteiger partial charge in [-0.3, -0.25) is 28.8 Å². The van der Waals surface area contributed by atoms with Crippen molar-refractivity contribution in [3.63, 3.8) is 0 Å². The van der Waals surface area contributed by atoms with Crippen molar-refractivity contribution in [3.8, 4) is 0 Å². The quantitative estimate of drug-likeness (QED) is 0.0697. The lowest BCUT2D eigenvalue weighted by Crippen LogP contribution is -2.40. The van der Waals surface area contributed by atoms with Crippen LogP contribution in [0.2, 0.25) is 38.5 Å². The third-order valence-corrected chi connectivity index (χ3v) is 10.2. The molecule has 0 bridgehead atoms. The normalized spacial score (nSPS) is 15.9. The lowest BCUT2D eigenvalue weighted by Gasteiger charge is -2.24. The molecule has 0 saturated carbocycles. The average Bonchev–Trinajstić information content (AvgIpc) is 3.43. The van der Waals surface area contributed by atoms with E-state index in [1.54, 1.807) is 19.2 Å². The van der Waals surface area contributed by atoms with Gasteiger partial charge in [-0.15, -0.1) is 0 Å². The standard InChI is InChI=1S/C22H26BCl2NO8.C17H24BCl2NO3/c1-12(2)6-14(23-33-21(32)22(34-23,9-13(3)27)10-19(29)30)7-16(28)11-26-20(31)17-8-15(24)4-5-18(17)25;1-11(2)7-12(18(3)24-4)8-14(22)10-21-17(23)15-9-13(19)5-6-16(15)20/h4-5,8,12,14,27H,3,6-7,9-11H2,1-2H3,(H,26,31)(H,29,30);5-6,9,11-12H,7-8,10H2,1-4H3,(H,21,23)/t14-,22?;12-/m11/s1. The minimum absolute atomic E-state index is 0.00516. The number of aliphatic carboxylic acids is 1. The molecule has 2 aromatic carbocycles. The Labute approximate surface area is 360 Å². The van der Waals surface area contributed by atoms with E-state index in [2.05, 4.69) is 31.1 Å². The molecule has 3 atom stereocenters. The van der Waals surface area contributed by atoms with Crippen LogP contribution in [0.5, 0.6) is 0 Å². The first kappa shape index (κ1) is 50.6. The maximum atomic E-state index is 12.7. The van der Waals surface area contributed by atoms with Crippen molar-refractivity contribution in [2.45, 2.75) is 90.3 Å². The van der Waals surface area contributed by atoms with E-state index in [1.807, 2.05) is 20.7 Å². The number of hydrogen-bond acceptors (Lipinski definition) is 10. The van der Waals surface area contributed by atoms with Crippen molar-refractivity contribution in [2.24, 2.45) is 11.8 Å². The zero-order chi connectivity index (χ0) is 43.9. The van der Waals surface area contributed by atoms with Gasteiger partial charge in [-0.25, -0.2) is 0 Å². The van der Waals surface area contributed by atoms with Crippen LogP contribution < -0.4 is 10.6 Å². The second-order valence-corrected chi connectivity index (χ2v) is 16.7. The van der Waals surface area contributed by atoms with Crippen molar-refractivity contribution in [3.05, 3.63) is 80.0 Å². The van der Waals surface area contributed by atoms with E-state index in [9.17, 15) is 39.0 Å². The minimum atomic E-state index is -1.93. The van der Waals surface area contributed by atoms with E-state index in [1.165, 1.54) is 24.3 Å². The second kappa shape index (κ2) is 23.9. The van der Waals surface area contributed by atoms with Crippen LogP contribution in [0.1, 0.15) is 86.9 Å². The highest BCUT2D eigenvalue weighted by atomic mass is 35.5. The molecule has 1 aliphatic rings. The summed E-state index contributed by atoms with van der Waals surface area (Å²) < 4.78 is 16.4. The topological polar surface area (TPSA) is 195 Å². The fraction of sp³-hybridized carbons (Fsp3) is 0.487. The SMILES string of the molecule is C=C(O)CC1(CC(=O)O)OB([C@@H](CC(=O)CNC(=O)c2cc(Cl)ccc2Cl)CC(C)C)OC1=O.COB(C)[C@@H](CC(=O)CNC(=O)c1cc(Cl)ccc1Cl)CC(C)C. The Hall–Kier alpha value is -3.59. The number of benzene rings is 2. The van der Waals surface area contributed by atoms with Crippen LogP contribution in [-0.2, 0) is 33.1 Å². The Morgan fingerprint density at radius 2 is 1.31 bits per heavy atom. The molecule has 2 amide bonds. The van der Waals surface area contributed by atoms with Gasteiger partial charge in [-0.2, -0.15) is 0 Å². The largest absolute Gasteiger partial charge is 0.531 e. The molecule has 1 saturated heterocycles. The van der Waals surface area contributed by atoms with Gasteiger partial charge in [0.1, 0.15) is 0 Å². The summed E-state index contributed by atoms with van der Waals surface area (Å²) in [6.45, 7) is 12.9. The number of halogens is 4. The number of Topliss-reactive ketones (excluding diaryl/α,β-unsaturated/α-hetero) is 2. The van der Waals surface area contributed by atoms with Crippen LogP contribution in [0.15, 0.2) is 48.7 Å². The summed E-state index contributed by atoms with van der Waals surface area (Å²) in [5.41, 5.74) is -1.55. The number of aliphatic hydroxyl groups is 1. The zero-order valence-electron chi connectivity index (χ0n) is 33.4. The number of ketones is 2. The summed E-state index contributed by atoms with van der Waals surface area (Å²) in [7, 11) is 0.446. The number of hydrogen-bond donors (Lipinski definition) is 4. The van der Waals surface area contributed by atoms with Crippen LogP contribution >= 0.6 is 46.4 Å². The maximum Gasteiger partial charge on any atom is 0.531 e. The molecule has 0 aliphatic carbocycles. The van der Waals surface area contributed by atoms with Gasteiger partial charge in [0.2, 0.25) is 0 Å². The first-order valence-corrected chi connectivity index (χ1v) is 20.1. The van der Waals surface area contributed by atoms with E-state index in [0.717, 1.165) is 6.42 Å². The van der Waals surface area contributed by atoms with Crippen LogP contribution in [0, 0.1) is 11.8 Å². The third-order valence-electron chi connectivity index (χ3n) is 9.05. The lowest BCUT2D eigenvalue weighted by molar-refractivity contribution is -0.152. The lowest BCUT2D eigenvalue weighted by atomic mass is 9.54. The summed E-state index contributed by atoms with van der Waals surface area (Å²) in [5.74, 6) is -3.99. The van der Waals surface area contributed by atoms with Gasteiger partial charge >= 0.3 is 19.1 Å². The van der Waals surface area contributed by atoms with E-state index in [-0.39, 0.29) is 65.9 Å². The molecule has 3 rings (SSSR count). The Kier molecular flexibility index (Phi) is 20.8. The van der Waals surface area contributed by atoms with Gasteiger partial charge in [0.15, 0.2) is 17.2 Å². The summed E-state index contributed by atoms with van der Waals surface area (Å²) in [5, 5.41) is 25.1. The number of nitrogens with one attached hydrogen (secondary N) is 2. The zero-order valence-corrected chi connectivity index (χ0v) is 36.4. The number of carbonyl (C=O) groups is 6. The third kappa shape index (κ3) is 16.6. The van der Waals surface area contributed by atoms with Gasteiger partial charge in [-0.05, 0) is 60.5 Å². The smallest absolute Gasteiger partial charge is 0.513 e. The first-order chi connectivity index (χ1) is 27.1.